The van der Waals surface area contributed by atoms with Gasteiger partial charge in [0.1, 0.15) is 24.7 Å². The van der Waals surface area contributed by atoms with E-state index in [4.69, 9.17) is 25.8 Å². The first-order chi connectivity index (χ1) is 10.3. The molecule has 0 aliphatic heterocycles. The lowest BCUT2D eigenvalue weighted by atomic mass is 10.2. The third kappa shape index (κ3) is 5.29. The molecule has 4 heteroatoms. The number of halogens is 1. The molecular weight excluding hydrogens is 288 g/mol. The highest BCUT2D eigenvalue weighted by Gasteiger charge is 2.03. The lowest BCUT2D eigenvalue weighted by Crippen LogP contribution is -2.05. The molecule has 2 rings (SSSR count). The molecule has 0 radical (unpaired) electrons. The smallest absolute Gasteiger partial charge is 0.123 e. The summed E-state index contributed by atoms with van der Waals surface area (Å²) in [5.74, 6) is 1.92. The monoisotopic (exact) mass is 306 g/mol. The Kier molecular flexibility index (Phi) is 6.38. The van der Waals surface area contributed by atoms with Gasteiger partial charge >= 0.3 is 0 Å². The Morgan fingerprint density at radius 1 is 0.857 bits per heavy atom. The standard InChI is InChI=1S/C17H19ClO3/c1-19-7-8-20-16-9-15(12-18)10-17(11-16)21-13-14-5-3-2-4-6-14/h2-6,9-11H,7-8,12-13H2,1H3. The Morgan fingerprint density at radius 2 is 1.57 bits per heavy atom. The van der Waals surface area contributed by atoms with Gasteiger partial charge in [-0.25, -0.2) is 0 Å². The number of rotatable bonds is 8. The number of hydrogen-bond acceptors (Lipinski definition) is 3. The molecule has 0 heterocycles. The van der Waals surface area contributed by atoms with Crippen LogP contribution in [0.3, 0.4) is 0 Å². The molecule has 0 aliphatic carbocycles. The van der Waals surface area contributed by atoms with E-state index in [1.807, 2.05) is 48.5 Å². The van der Waals surface area contributed by atoms with Gasteiger partial charge in [-0.15, -0.1) is 11.6 Å². The lowest BCUT2D eigenvalue weighted by molar-refractivity contribution is 0.146. The van der Waals surface area contributed by atoms with Gasteiger partial charge in [0.2, 0.25) is 0 Å². The Balaban J connectivity index is 2.02. The molecule has 0 bridgehead atoms. The molecular formula is C17H19ClO3. The normalized spacial score (nSPS) is 10.4. The summed E-state index contributed by atoms with van der Waals surface area (Å²) in [5, 5.41) is 0. The van der Waals surface area contributed by atoms with E-state index in [9.17, 15) is 0 Å². The van der Waals surface area contributed by atoms with E-state index in [0.717, 1.165) is 22.6 Å². The molecule has 0 spiro atoms. The zero-order chi connectivity index (χ0) is 14.9. The fourth-order valence-corrected chi connectivity index (χ4v) is 2.01. The number of benzene rings is 2. The highest BCUT2D eigenvalue weighted by atomic mass is 35.5. The average molecular weight is 307 g/mol. The van der Waals surface area contributed by atoms with Gasteiger partial charge < -0.3 is 14.2 Å². The molecule has 0 atom stereocenters. The second-order valence-electron chi connectivity index (χ2n) is 4.56. The number of methoxy groups -OCH3 is 1. The minimum absolute atomic E-state index is 0.420. The molecule has 2 aromatic rings. The summed E-state index contributed by atoms with van der Waals surface area (Å²) < 4.78 is 16.4. The number of hydrogen-bond donors (Lipinski definition) is 0. The van der Waals surface area contributed by atoms with E-state index >= 15 is 0 Å². The van der Waals surface area contributed by atoms with Crippen LogP contribution in [-0.4, -0.2) is 20.3 Å². The zero-order valence-electron chi connectivity index (χ0n) is 12.0. The van der Waals surface area contributed by atoms with Crippen molar-refractivity contribution >= 4 is 11.6 Å². The van der Waals surface area contributed by atoms with E-state index in [0.29, 0.717) is 25.7 Å². The van der Waals surface area contributed by atoms with Crippen LogP contribution in [0.2, 0.25) is 0 Å². The minimum atomic E-state index is 0.420. The van der Waals surface area contributed by atoms with E-state index in [1.165, 1.54) is 0 Å². The molecule has 0 aliphatic rings. The van der Waals surface area contributed by atoms with E-state index in [-0.39, 0.29) is 0 Å². The number of alkyl halides is 1. The van der Waals surface area contributed by atoms with Crippen LogP contribution in [0.5, 0.6) is 11.5 Å². The highest BCUT2D eigenvalue weighted by Crippen LogP contribution is 2.25. The Morgan fingerprint density at radius 3 is 2.24 bits per heavy atom. The first kappa shape index (κ1) is 15.7. The summed E-state index contributed by atoms with van der Waals surface area (Å²) >= 11 is 5.91. The van der Waals surface area contributed by atoms with Crippen molar-refractivity contribution in [1.82, 2.24) is 0 Å². The molecule has 0 unspecified atom stereocenters. The maximum atomic E-state index is 5.91. The Hall–Kier alpha value is -1.71. The summed E-state index contributed by atoms with van der Waals surface area (Å²) in [6.45, 7) is 1.57. The topological polar surface area (TPSA) is 27.7 Å². The van der Waals surface area contributed by atoms with Crippen LogP contribution in [0.1, 0.15) is 11.1 Å². The first-order valence-electron chi connectivity index (χ1n) is 6.80. The Bertz CT molecular complexity index is 543. The lowest BCUT2D eigenvalue weighted by Gasteiger charge is -2.11. The summed E-state index contributed by atoms with van der Waals surface area (Å²) in [5.41, 5.74) is 2.09. The summed E-state index contributed by atoms with van der Waals surface area (Å²) in [7, 11) is 1.65. The van der Waals surface area contributed by atoms with Crippen LogP contribution in [0.4, 0.5) is 0 Å². The second-order valence-corrected chi connectivity index (χ2v) is 4.83. The van der Waals surface area contributed by atoms with Crippen molar-refractivity contribution in [2.75, 3.05) is 20.3 Å². The molecule has 0 fully saturated rings. The molecule has 0 saturated carbocycles. The van der Waals surface area contributed by atoms with Crippen molar-refractivity contribution in [2.24, 2.45) is 0 Å². The SMILES string of the molecule is COCCOc1cc(CCl)cc(OCc2ccccc2)c1. The van der Waals surface area contributed by atoms with Gasteiger partial charge in [-0.05, 0) is 23.3 Å². The van der Waals surface area contributed by atoms with Gasteiger partial charge in [-0.1, -0.05) is 30.3 Å². The Labute approximate surface area is 130 Å². The maximum Gasteiger partial charge on any atom is 0.123 e. The molecule has 0 aromatic heterocycles. The minimum Gasteiger partial charge on any atom is -0.491 e. The average Bonchev–Trinajstić information content (AvgIpc) is 2.54. The number of ether oxygens (including phenoxy) is 3. The van der Waals surface area contributed by atoms with Gasteiger partial charge in [0.05, 0.1) is 6.61 Å². The molecule has 0 saturated heterocycles. The van der Waals surface area contributed by atoms with Crippen LogP contribution < -0.4 is 9.47 Å². The first-order valence-corrected chi connectivity index (χ1v) is 7.33. The molecule has 0 N–H and O–H groups in total. The van der Waals surface area contributed by atoms with E-state index in [2.05, 4.69) is 0 Å². The van der Waals surface area contributed by atoms with Crippen molar-refractivity contribution in [2.45, 2.75) is 12.5 Å². The summed E-state index contributed by atoms with van der Waals surface area (Å²) in [6, 6.07) is 15.7. The van der Waals surface area contributed by atoms with Crippen LogP contribution in [0.25, 0.3) is 0 Å². The van der Waals surface area contributed by atoms with Crippen molar-refractivity contribution in [1.29, 1.82) is 0 Å². The van der Waals surface area contributed by atoms with Crippen molar-refractivity contribution in [3.8, 4) is 11.5 Å². The molecule has 0 amide bonds. The van der Waals surface area contributed by atoms with Gasteiger partial charge in [-0.2, -0.15) is 0 Å². The highest BCUT2D eigenvalue weighted by molar-refractivity contribution is 6.17. The molecule has 3 nitrogen and oxygen atoms in total. The fraction of sp³-hybridized carbons (Fsp3) is 0.294. The molecule has 21 heavy (non-hydrogen) atoms. The van der Waals surface area contributed by atoms with Crippen LogP contribution in [0, 0.1) is 0 Å². The second kappa shape index (κ2) is 8.55. The zero-order valence-corrected chi connectivity index (χ0v) is 12.8. The molecule has 112 valence electrons. The quantitative estimate of drug-likeness (QED) is 0.544. The maximum absolute atomic E-state index is 5.91. The third-order valence-electron chi connectivity index (χ3n) is 2.90. The van der Waals surface area contributed by atoms with E-state index in [1.54, 1.807) is 7.11 Å². The van der Waals surface area contributed by atoms with Gasteiger partial charge in [0, 0.05) is 19.1 Å². The van der Waals surface area contributed by atoms with Gasteiger partial charge in [-0.3, -0.25) is 0 Å². The predicted octanol–water partition coefficient (Wildman–Crippen LogP) is 4.03. The van der Waals surface area contributed by atoms with Crippen molar-refractivity contribution < 1.29 is 14.2 Å². The van der Waals surface area contributed by atoms with Gasteiger partial charge in [0.25, 0.3) is 0 Å². The van der Waals surface area contributed by atoms with Crippen molar-refractivity contribution in [3.63, 3.8) is 0 Å². The van der Waals surface area contributed by atoms with Crippen LogP contribution in [-0.2, 0) is 17.2 Å². The molecule has 2 aromatic carbocycles. The van der Waals surface area contributed by atoms with Crippen LogP contribution >= 0.6 is 11.6 Å². The predicted molar refractivity (Wildman–Crippen MR) is 84.1 cm³/mol. The van der Waals surface area contributed by atoms with Gasteiger partial charge in [0.15, 0.2) is 0 Å². The third-order valence-corrected chi connectivity index (χ3v) is 3.21. The fourth-order valence-electron chi connectivity index (χ4n) is 1.86. The van der Waals surface area contributed by atoms with E-state index < -0.39 is 0 Å². The largest absolute Gasteiger partial charge is 0.491 e. The van der Waals surface area contributed by atoms with Crippen molar-refractivity contribution in [3.05, 3.63) is 59.7 Å². The summed E-state index contributed by atoms with van der Waals surface area (Å²) in [4.78, 5) is 0. The summed E-state index contributed by atoms with van der Waals surface area (Å²) in [6.07, 6.45) is 0. The van der Waals surface area contributed by atoms with Crippen LogP contribution in [0.15, 0.2) is 48.5 Å².